The summed E-state index contributed by atoms with van der Waals surface area (Å²) in [5, 5.41) is 5.23. The Morgan fingerprint density at radius 1 is 1.45 bits per heavy atom. The van der Waals surface area contributed by atoms with Gasteiger partial charge in [-0.15, -0.1) is 11.3 Å². The van der Waals surface area contributed by atoms with Crippen molar-refractivity contribution in [1.82, 2.24) is 14.9 Å². The number of rotatable bonds is 6. The summed E-state index contributed by atoms with van der Waals surface area (Å²) in [5.41, 5.74) is 1.74. The zero-order valence-electron chi connectivity index (χ0n) is 11.7. The predicted octanol–water partition coefficient (Wildman–Crippen LogP) is 1.79. The van der Waals surface area contributed by atoms with Gasteiger partial charge in [-0.25, -0.2) is 13.4 Å². The molecule has 0 unspecified atom stereocenters. The molecule has 0 saturated carbocycles. The number of anilines is 1. The lowest BCUT2D eigenvalue weighted by Crippen LogP contribution is -2.12. The number of hydrogen-bond donors (Lipinski definition) is 2. The highest BCUT2D eigenvalue weighted by molar-refractivity contribution is 7.93. The lowest BCUT2D eigenvalue weighted by atomic mass is 10.4. The van der Waals surface area contributed by atoms with Crippen molar-refractivity contribution in [2.24, 2.45) is 0 Å². The van der Waals surface area contributed by atoms with Crippen molar-refractivity contribution in [3.8, 4) is 0 Å². The number of hydrogen-bond acceptors (Lipinski definition) is 5. The van der Waals surface area contributed by atoms with E-state index in [9.17, 15) is 8.42 Å². The van der Waals surface area contributed by atoms with E-state index in [4.69, 9.17) is 0 Å². The van der Waals surface area contributed by atoms with Crippen molar-refractivity contribution in [1.29, 1.82) is 0 Å². The van der Waals surface area contributed by atoms with E-state index in [1.165, 1.54) is 11.3 Å². The highest BCUT2D eigenvalue weighted by Crippen LogP contribution is 2.21. The van der Waals surface area contributed by atoms with Crippen LogP contribution in [0.15, 0.2) is 22.5 Å². The third kappa shape index (κ3) is 3.20. The second kappa shape index (κ2) is 5.94. The molecule has 0 aromatic carbocycles. The predicted molar refractivity (Wildman–Crippen MR) is 80.5 cm³/mol. The quantitative estimate of drug-likeness (QED) is 0.852. The maximum atomic E-state index is 12.3. The van der Waals surface area contributed by atoms with Crippen LogP contribution in [0.25, 0.3) is 0 Å². The molecule has 0 spiro atoms. The summed E-state index contributed by atoms with van der Waals surface area (Å²) in [6.07, 6.45) is 1.65. The minimum atomic E-state index is -3.58. The number of aryl methyl sites for hydroxylation is 2. The van der Waals surface area contributed by atoms with Crippen LogP contribution >= 0.6 is 11.3 Å². The summed E-state index contributed by atoms with van der Waals surface area (Å²) in [6.45, 7) is 5.16. The average molecular weight is 314 g/mol. The van der Waals surface area contributed by atoms with E-state index in [0.717, 1.165) is 17.9 Å². The van der Waals surface area contributed by atoms with E-state index in [2.05, 4.69) is 15.0 Å². The van der Waals surface area contributed by atoms with Crippen molar-refractivity contribution in [3.05, 3.63) is 29.0 Å². The fraction of sp³-hybridized carbons (Fsp3) is 0.417. The number of aromatic nitrogens is 2. The van der Waals surface area contributed by atoms with Crippen LogP contribution in [0.2, 0.25) is 0 Å². The summed E-state index contributed by atoms with van der Waals surface area (Å²) in [6, 6.07) is 1.68. The number of sulfonamides is 1. The molecule has 0 aliphatic rings. The minimum Gasteiger partial charge on any atom is -0.349 e. The molecule has 2 heterocycles. The molecule has 0 fully saturated rings. The number of nitrogens with one attached hydrogen (secondary N) is 2. The molecule has 0 saturated heterocycles. The van der Waals surface area contributed by atoms with Gasteiger partial charge in [-0.05, 0) is 27.0 Å². The van der Waals surface area contributed by atoms with Gasteiger partial charge in [0.05, 0.1) is 5.69 Å². The summed E-state index contributed by atoms with van der Waals surface area (Å²) in [7, 11) is -1.75. The smallest absolute Gasteiger partial charge is 0.265 e. The Bertz CT molecular complexity index is 688. The monoisotopic (exact) mass is 314 g/mol. The van der Waals surface area contributed by atoms with Gasteiger partial charge < -0.3 is 9.88 Å². The van der Waals surface area contributed by atoms with Crippen molar-refractivity contribution >= 4 is 26.5 Å². The standard InChI is InChI=1S/C12H18N4O2S2/c1-4-16-7-11(5-10(16)6-13-3)20(17,18)15-12-14-9(2)8-19-12/h5,7-8,13H,4,6H2,1-3H3,(H,14,15). The molecule has 0 bridgehead atoms. The molecule has 2 aromatic rings. The topological polar surface area (TPSA) is 76.0 Å². The van der Waals surface area contributed by atoms with Gasteiger partial charge in [-0.1, -0.05) is 0 Å². The maximum absolute atomic E-state index is 12.3. The van der Waals surface area contributed by atoms with Crippen LogP contribution in [-0.2, 0) is 23.1 Å². The van der Waals surface area contributed by atoms with Gasteiger partial charge in [-0.2, -0.15) is 0 Å². The van der Waals surface area contributed by atoms with Crippen molar-refractivity contribution in [3.63, 3.8) is 0 Å². The highest BCUT2D eigenvalue weighted by Gasteiger charge is 2.19. The first-order chi connectivity index (χ1) is 9.46. The molecule has 0 amide bonds. The molecule has 2 rings (SSSR count). The summed E-state index contributed by atoms with van der Waals surface area (Å²) in [4.78, 5) is 4.38. The van der Waals surface area contributed by atoms with E-state index in [-0.39, 0.29) is 4.90 Å². The molecule has 0 radical (unpaired) electrons. The molecule has 6 nitrogen and oxygen atoms in total. The fourth-order valence-electron chi connectivity index (χ4n) is 1.87. The third-order valence-electron chi connectivity index (χ3n) is 2.81. The Morgan fingerprint density at radius 3 is 2.75 bits per heavy atom. The summed E-state index contributed by atoms with van der Waals surface area (Å²) in [5.74, 6) is 0. The van der Waals surface area contributed by atoms with E-state index in [1.807, 2.05) is 30.8 Å². The van der Waals surface area contributed by atoms with Crippen LogP contribution < -0.4 is 10.0 Å². The Hall–Kier alpha value is -1.38. The first-order valence-electron chi connectivity index (χ1n) is 6.25. The largest absolute Gasteiger partial charge is 0.349 e. The first kappa shape index (κ1) is 15.0. The van der Waals surface area contributed by atoms with Crippen LogP contribution in [0.5, 0.6) is 0 Å². The van der Waals surface area contributed by atoms with E-state index in [0.29, 0.717) is 11.7 Å². The average Bonchev–Trinajstić information content (AvgIpc) is 2.96. The number of nitrogens with zero attached hydrogens (tertiary/aromatic N) is 2. The van der Waals surface area contributed by atoms with Crippen LogP contribution in [0, 0.1) is 6.92 Å². The van der Waals surface area contributed by atoms with E-state index >= 15 is 0 Å². The van der Waals surface area contributed by atoms with Crippen molar-refractivity contribution < 1.29 is 8.42 Å². The van der Waals surface area contributed by atoms with Crippen molar-refractivity contribution in [2.75, 3.05) is 11.8 Å². The second-order valence-electron chi connectivity index (χ2n) is 4.38. The molecule has 2 N–H and O–H groups in total. The van der Waals surface area contributed by atoms with Crippen molar-refractivity contribution in [2.45, 2.75) is 31.8 Å². The normalized spacial score (nSPS) is 11.8. The minimum absolute atomic E-state index is 0.262. The Morgan fingerprint density at radius 2 is 2.20 bits per heavy atom. The van der Waals surface area contributed by atoms with Crippen LogP contribution in [-0.4, -0.2) is 25.0 Å². The van der Waals surface area contributed by atoms with Gasteiger partial charge in [0.25, 0.3) is 10.0 Å². The van der Waals surface area contributed by atoms with Gasteiger partial charge in [0, 0.05) is 30.4 Å². The zero-order valence-corrected chi connectivity index (χ0v) is 13.3. The first-order valence-corrected chi connectivity index (χ1v) is 8.61. The lowest BCUT2D eigenvalue weighted by Gasteiger charge is -2.03. The highest BCUT2D eigenvalue weighted by atomic mass is 32.2. The van der Waals surface area contributed by atoms with Gasteiger partial charge in [0.2, 0.25) is 0 Å². The molecular formula is C12H18N4O2S2. The second-order valence-corrected chi connectivity index (χ2v) is 6.92. The summed E-state index contributed by atoms with van der Waals surface area (Å²) >= 11 is 1.28. The Kier molecular flexibility index (Phi) is 4.46. The Labute approximate surface area is 122 Å². The molecule has 110 valence electrons. The molecule has 0 aliphatic heterocycles. The SMILES string of the molecule is CCn1cc(S(=O)(=O)Nc2nc(C)cs2)cc1CNC. The Balaban J connectivity index is 2.29. The van der Waals surface area contributed by atoms with Gasteiger partial charge in [0.15, 0.2) is 5.13 Å². The number of thiazole rings is 1. The van der Waals surface area contributed by atoms with E-state index in [1.54, 1.807) is 12.3 Å². The van der Waals surface area contributed by atoms with Gasteiger partial charge in [-0.3, -0.25) is 4.72 Å². The molecular weight excluding hydrogens is 296 g/mol. The molecule has 8 heteroatoms. The molecule has 2 aromatic heterocycles. The van der Waals surface area contributed by atoms with Crippen LogP contribution in [0.4, 0.5) is 5.13 Å². The van der Waals surface area contributed by atoms with E-state index < -0.39 is 10.0 Å². The maximum Gasteiger partial charge on any atom is 0.265 e. The van der Waals surface area contributed by atoms with Gasteiger partial charge in [0.1, 0.15) is 4.90 Å². The van der Waals surface area contributed by atoms with Crippen LogP contribution in [0.1, 0.15) is 18.3 Å². The third-order valence-corrected chi connectivity index (χ3v) is 5.12. The molecule has 0 atom stereocenters. The van der Waals surface area contributed by atoms with Gasteiger partial charge >= 0.3 is 0 Å². The zero-order chi connectivity index (χ0) is 14.8. The summed E-state index contributed by atoms with van der Waals surface area (Å²) < 4.78 is 29.1. The lowest BCUT2D eigenvalue weighted by molar-refractivity contribution is 0.600. The molecule has 20 heavy (non-hydrogen) atoms. The fourth-order valence-corrected chi connectivity index (χ4v) is 3.87. The molecule has 0 aliphatic carbocycles. The van der Waals surface area contributed by atoms with Crippen LogP contribution in [0.3, 0.4) is 0 Å².